The summed E-state index contributed by atoms with van der Waals surface area (Å²) in [5.74, 6) is -0.718. The molecule has 0 saturated heterocycles. The minimum Gasteiger partial charge on any atom is -0.394 e. The predicted molar refractivity (Wildman–Crippen MR) is 87.2 cm³/mol. The van der Waals surface area contributed by atoms with Crippen molar-refractivity contribution in [1.82, 2.24) is 10.6 Å². The molecule has 0 fully saturated rings. The monoisotopic (exact) mass is 338 g/mol. The Labute approximate surface area is 137 Å². The number of amides is 2. The summed E-state index contributed by atoms with van der Waals surface area (Å²) in [4.78, 5) is 20.0. The van der Waals surface area contributed by atoms with Crippen LogP contribution in [0.15, 0.2) is 25.3 Å². The first-order valence-corrected chi connectivity index (χ1v) is 6.77. The Hall–Kier alpha value is -1.78. The molecular formula is C14H30N2O7. The molecule has 0 saturated carbocycles. The van der Waals surface area contributed by atoms with Gasteiger partial charge in [0.1, 0.15) is 13.5 Å². The zero-order valence-electron chi connectivity index (χ0n) is 13.8. The van der Waals surface area contributed by atoms with E-state index in [0.29, 0.717) is 0 Å². The maximum Gasteiger partial charge on any atom is 0.245 e. The van der Waals surface area contributed by atoms with E-state index in [9.17, 15) is 9.59 Å². The van der Waals surface area contributed by atoms with Crippen molar-refractivity contribution < 1.29 is 34.8 Å². The van der Waals surface area contributed by atoms with E-state index in [1.807, 2.05) is 13.8 Å². The smallest absolute Gasteiger partial charge is 0.245 e. The van der Waals surface area contributed by atoms with E-state index < -0.39 is 0 Å². The number of carbonyl (C=O) groups is 2. The number of hydrogen-bond donors (Lipinski definition) is 6. The van der Waals surface area contributed by atoms with Crippen LogP contribution in [0.5, 0.6) is 0 Å². The average molecular weight is 338 g/mol. The number of aliphatic hydroxyl groups is 4. The van der Waals surface area contributed by atoms with Crippen LogP contribution in [-0.4, -0.2) is 72.1 Å². The summed E-state index contributed by atoms with van der Waals surface area (Å²) in [6.07, 6.45) is 2.19. The molecule has 0 unspecified atom stereocenters. The van der Waals surface area contributed by atoms with Gasteiger partial charge in [0, 0.05) is 13.2 Å². The Balaban J connectivity index is -0.000000107. The SMILES string of the molecule is C=CC(=O)NCO.C=CC(=O)NCO.CCOCC.OCCO. The van der Waals surface area contributed by atoms with Crippen molar-refractivity contribution in [2.24, 2.45) is 0 Å². The Bertz CT molecular complexity index is 248. The number of rotatable bonds is 7. The van der Waals surface area contributed by atoms with Crippen LogP contribution in [-0.2, 0) is 14.3 Å². The summed E-state index contributed by atoms with van der Waals surface area (Å²) < 4.78 is 4.83. The van der Waals surface area contributed by atoms with Crippen molar-refractivity contribution in [3.63, 3.8) is 0 Å². The molecule has 0 spiro atoms. The number of hydrogen-bond acceptors (Lipinski definition) is 7. The molecule has 0 radical (unpaired) electrons. The van der Waals surface area contributed by atoms with Gasteiger partial charge in [0.15, 0.2) is 0 Å². The minimum atomic E-state index is -0.359. The van der Waals surface area contributed by atoms with Gasteiger partial charge in [-0.2, -0.15) is 0 Å². The van der Waals surface area contributed by atoms with Crippen LogP contribution in [0.2, 0.25) is 0 Å². The average Bonchev–Trinajstić information content (AvgIpc) is 2.57. The van der Waals surface area contributed by atoms with Crippen LogP contribution < -0.4 is 10.6 Å². The molecule has 0 aliphatic carbocycles. The van der Waals surface area contributed by atoms with Crippen molar-refractivity contribution in [3.8, 4) is 0 Å². The highest BCUT2D eigenvalue weighted by Crippen LogP contribution is 1.64. The predicted octanol–water partition coefficient (Wildman–Crippen LogP) is -1.51. The lowest BCUT2D eigenvalue weighted by Crippen LogP contribution is -2.20. The fourth-order valence-electron chi connectivity index (χ4n) is 0.504. The van der Waals surface area contributed by atoms with Crippen LogP contribution in [0.4, 0.5) is 0 Å². The second-order valence-corrected chi connectivity index (χ2v) is 3.04. The van der Waals surface area contributed by atoms with E-state index in [1.165, 1.54) is 0 Å². The van der Waals surface area contributed by atoms with Crippen LogP contribution >= 0.6 is 0 Å². The third-order valence-corrected chi connectivity index (χ3v) is 1.39. The Morgan fingerprint density at radius 3 is 1.22 bits per heavy atom. The van der Waals surface area contributed by atoms with E-state index in [-0.39, 0.29) is 38.5 Å². The Kier molecular flexibility index (Phi) is 41.0. The molecule has 0 atom stereocenters. The largest absolute Gasteiger partial charge is 0.394 e. The molecule has 0 rings (SSSR count). The van der Waals surface area contributed by atoms with Gasteiger partial charge in [-0.25, -0.2) is 0 Å². The quantitative estimate of drug-likeness (QED) is 0.244. The molecular weight excluding hydrogens is 308 g/mol. The van der Waals surface area contributed by atoms with Crippen molar-refractivity contribution in [1.29, 1.82) is 0 Å². The number of ether oxygens (including phenoxy) is 1. The lowest BCUT2D eigenvalue weighted by atomic mass is 10.6. The first-order chi connectivity index (χ1) is 10.9. The van der Waals surface area contributed by atoms with Gasteiger partial charge in [-0.05, 0) is 26.0 Å². The fourth-order valence-corrected chi connectivity index (χ4v) is 0.504. The lowest BCUT2D eigenvalue weighted by Gasteiger charge is -1.89. The second-order valence-electron chi connectivity index (χ2n) is 3.04. The molecule has 0 aliphatic rings. The van der Waals surface area contributed by atoms with Gasteiger partial charge in [0.2, 0.25) is 11.8 Å². The van der Waals surface area contributed by atoms with Crippen LogP contribution in [0.1, 0.15) is 13.8 Å². The molecule has 0 aromatic rings. The standard InChI is InChI=1S/2C4H7NO2.C4H10O.C2H6O2/c2*1-2-4(7)5-3-6;1-3-5-4-2;3-1-2-4/h2*2,6H,1,3H2,(H,5,7);3-4H2,1-2H3;3-4H,1-2H2. The van der Waals surface area contributed by atoms with Crippen LogP contribution in [0.3, 0.4) is 0 Å². The minimum absolute atomic E-state index is 0.125. The van der Waals surface area contributed by atoms with E-state index in [4.69, 9.17) is 25.2 Å². The molecule has 0 aliphatic heterocycles. The first-order valence-electron chi connectivity index (χ1n) is 6.77. The summed E-state index contributed by atoms with van der Waals surface area (Å²) in [6.45, 7) is 11.1. The molecule has 2 amide bonds. The van der Waals surface area contributed by atoms with Gasteiger partial charge in [-0.3, -0.25) is 9.59 Å². The van der Waals surface area contributed by atoms with Gasteiger partial charge < -0.3 is 35.8 Å². The molecule has 0 aromatic heterocycles. The van der Waals surface area contributed by atoms with E-state index >= 15 is 0 Å². The van der Waals surface area contributed by atoms with Crippen molar-refractivity contribution in [2.75, 3.05) is 39.9 Å². The highest BCUT2D eigenvalue weighted by atomic mass is 16.5. The number of carbonyl (C=O) groups excluding carboxylic acids is 2. The third kappa shape index (κ3) is 53.3. The summed E-state index contributed by atoms with van der Waals surface area (Å²) in [5.41, 5.74) is 0. The molecule has 0 bridgehead atoms. The maximum atomic E-state index is 10.0. The molecule has 6 N–H and O–H groups in total. The molecule has 138 valence electrons. The molecule has 9 nitrogen and oxygen atoms in total. The topological polar surface area (TPSA) is 148 Å². The summed E-state index contributed by atoms with van der Waals surface area (Å²) in [5, 5.41) is 35.4. The summed E-state index contributed by atoms with van der Waals surface area (Å²) in [6, 6.07) is 0. The Morgan fingerprint density at radius 1 is 0.870 bits per heavy atom. The van der Waals surface area contributed by atoms with Crippen molar-refractivity contribution in [3.05, 3.63) is 25.3 Å². The van der Waals surface area contributed by atoms with E-state index in [1.54, 1.807) is 0 Å². The zero-order chi connectivity index (χ0) is 18.9. The van der Waals surface area contributed by atoms with Gasteiger partial charge in [-0.15, -0.1) is 0 Å². The maximum absolute atomic E-state index is 10.0. The highest BCUT2D eigenvalue weighted by Gasteiger charge is 1.85. The first kappa shape index (κ1) is 29.3. The third-order valence-electron chi connectivity index (χ3n) is 1.39. The zero-order valence-corrected chi connectivity index (χ0v) is 13.8. The van der Waals surface area contributed by atoms with E-state index in [2.05, 4.69) is 23.8 Å². The highest BCUT2D eigenvalue weighted by molar-refractivity contribution is 5.86. The summed E-state index contributed by atoms with van der Waals surface area (Å²) in [7, 11) is 0. The summed E-state index contributed by atoms with van der Waals surface area (Å²) >= 11 is 0. The second kappa shape index (κ2) is 32.2. The van der Waals surface area contributed by atoms with Gasteiger partial charge in [-0.1, -0.05) is 13.2 Å². The number of nitrogens with one attached hydrogen (secondary N) is 2. The van der Waals surface area contributed by atoms with Crippen LogP contribution in [0.25, 0.3) is 0 Å². The lowest BCUT2D eigenvalue weighted by molar-refractivity contribution is -0.118. The molecule has 0 aromatic carbocycles. The van der Waals surface area contributed by atoms with Gasteiger partial charge >= 0.3 is 0 Å². The van der Waals surface area contributed by atoms with Crippen LogP contribution in [0, 0.1) is 0 Å². The fraction of sp³-hybridized carbons (Fsp3) is 0.571. The molecule has 0 heterocycles. The molecule has 23 heavy (non-hydrogen) atoms. The van der Waals surface area contributed by atoms with Gasteiger partial charge in [0.05, 0.1) is 13.2 Å². The van der Waals surface area contributed by atoms with E-state index in [0.717, 1.165) is 25.4 Å². The van der Waals surface area contributed by atoms with Crippen molar-refractivity contribution in [2.45, 2.75) is 13.8 Å². The molecule has 9 heteroatoms. The van der Waals surface area contributed by atoms with Crippen molar-refractivity contribution >= 4 is 11.8 Å². The number of aliphatic hydroxyl groups excluding tert-OH is 4. The van der Waals surface area contributed by atoms with Gasteiger partial charge in [0.25, 0.3) is 0 Å². The normalized spacial score (nSPS) is 7.74. The Morgan fingerprint density at radius 2 is 1.17 bits per heavy atom.